The summed E-state index contributed by atoms with van der Waals surface area (Å²) in [6, 6.07) is 5.41. The quantitative estimate of drug-likeness (QED) is 0.872. The Bertz CT molecular complexity index is 546. The van der Waals surface area contributed by atoms with Crippen molar-refractivity contribution in [1.29, 1.82) is 0 Å². The molecule has 102 valence electrons. The molecule has 7 heteroatoms. The van der Waals surface area contributed by atoms with Gasteiger partial charge in [0, 0.05) is 17.6 Å². The number of aromatic nitrogens is 3. The van der Waals surface area contributed by atoms with Crippen molar-refractivity contribution >= 4 is 27.5 Å². The molecule has 0 bridgehead atoms. The zero-order valence-corrected chi connectivity index (χ0v) is 12.6. The van der Waals surface area contributed by atoms with Gasteiger partial charge in [-0.3, -0.25) is 0 Å². The van der Waals surface area contributed by atoms with Crippen molar-refractivity contribution < 1.29 is 4.74 Å². The van der Waals surface area contributed by atoms with E-state index in [1.807, 2.05) is 12.3 Å². The van der Waals surface area contributed by atoms with Gasteiger partial charge in [0.1, 0.15) is 12.4 Å². The van der Waals surface area contributed by atoms with Crippen molar-refractivity contribution in [3.63, 3.8) is 0 Å². The van der Waals surface area contributed by atoms with E-state index in [9.17, 15) is 0 Å². The second-order valence-corrected chi connectivity index (χ2v) is 5.23. The maximum atomic E-state index is 5.86. The zero-order valence-electron chi connectivity index (χ0n) is 10.2. The number of nitrogens with zero attached hydrogens (tertiary/aromatic N) is 3. The molecule has 0 saturated heterocycles. The summed E-state index contributed by atoms with van der Waals surface area (Å²) in [6.07, 6.45) is 2.62. The highest BCUT2D eigenvalue weighted by Crippen LogP contribution is 2.27. The van der Waals surface area contributed by atoms with E-state index < -0.39 is 0 Å². The lowest BCUT2D eigenvalue weighted by molar-refractivity contribution is 0.288. The summed E-state index contributed by atoms with van der Waals surface area (Å²) in [5.41, 5.74) is 6.36. The van der Waals surface area contributed by atoms with Gasteiger partial charge in [-0.05, 0) is 40.7 Å². The number of hydrogen-bond donors (Lipinski definition) is 1. The first kappa shape index (κ1) is 14.3. The van der Waals surface area contributed by atoms with Crippen LogP contribution in [0.15, 0.2) is 28.9 Å². The largest absolute Gasteiger partial charge is 0.490 e. The Balaban J connectivity index is 1.85. The van der Waals surface area contributed by atoms with Gasteiger partial charge in [0.2, 0.25) is 0 Å². The van der Waals surface area contributed by atoms with E-state index in [0.29, 0.717) is 24.7 Å². The predicted molar refractivity (Wildman–Crippen MR) is 77.4 cm³/mol. The molecule has 0 spiro atoms. The zero-order chi connectivity index (χ0) is 13.7. The van der Waals surface area contributed by atoms with Gasteiger partial charge in [-0.15, -0.1) is 5.10 Å². The highest BCUT2D eigenvalue weighted by atomic mass is 79.9. The smallest absolute Gasteiger partial charge is 0.133 e. The second-order valence-electron chi connectivity index (χ2n) is 3.93. The van der Waals surface area contributed by atoms with Crippen LogP contribution < -0.4 is 10.5 Å². The van der Waals surface area contributed by atoms with Crippen molar-refractivity contribution in [3.8, 4) is 5.75 Å². The molecule has 2 rings (SSSR count). The van der Waals surface area contributed by atoms with E-state index in [1.165, 1.54) is 0 Å². The van der Waals surface area contributed by atoms with Crippen molar-refractivity contribution in [3.05, 3.63) is 39.6 Å². The minimum Gasteiger partial charge on any atom is -0.490 e. The number of benzene rings is 1. The van der Waals surface area contributed by atoms with E-state index in [4.69, 9.17) is 22.1 Å². The molecule has 0 amide bonds. The summed E-state index contributed by atoms with van der Waals surface area (Å²) < 4.78 is 8.23. The molecule has 0 saturated carbocycles. The van der Waals surface area contributed by atoms with Crippen LogP contribution in [0.5, 0.6) is 5.75 Å². The predicted octanol–water partition coefficient (Wildman–Crippen LogP) is 2.27. The Morgan fingerprint density at radius 2 is 2.26 bits per heavy atom. The lowest BCUT2D eigenvalue weighted by Gasteiger charge is -2.08. The van der Waals surface area contributed by atoms with Crippen LogP contribution in [0.1, 0.15) is 5.69 Å². The molecular formula is C12H14BrClN4O. The third-order valence-electron chi connectivity index (χ3n) is 2.46. The van der Waals surface area contributed by atoms with E-state index in [-0.39, 0.29) is 0 Å². The summed E-state index contributed by atoms with van der Waals surface area (Å²) in [7, 11) is 0. The number of halogens is 2. The Kier molecular flexibility index (Phi) is 5.18. The van der Waals surface area contributed by atoms with Gasteiger partial charge >= 0.3 is 0 Å². The van der Waals surface area contributed by atoms with Crippen LogP contribution in [0, 0.1) is 0 Å². The Morgan fingerprint density at radius 3 is 3.00 bits per heavy atom. The van der Waals surface area contributed by atoms with E-state index >= 15 is 0 Å². The first-order valence-corrected chi connectivity index (χ1v) is 7.03. The third kappa shape index (κ3) is 4.19. The molecule has 1 aromatic carbocycles. The molecular weight excluding hydrogens is 332 g/mol. The number of hydrogen-bond acceptors (Lipinski definition) is 4. The van der Waals surface area contributed by atoms with Gasteiger partial charge < -0.3 is 10.5 Å². The van der Waals surface area contributed by atoms with Crippen LogP contribution in [0.4, 0.5) is 0 Å². The van der Waals surface area contributed by atoms with Crippen LogP contribution in [-0.4, -0.2) is 28.1 Å². The minimum atomic E-state index is 0.506. The molecule has 0 fully saturated rings. The van der Waals surface area contributed by atoms with Gasteiger partial charge in [-0.25, -0.2) is 4.68 Å². The monoisotopic (exact) mass is 344 g/mol. The van der Waals surface area contributed by atoms with Crippen LogP contribution in [0.3, 0.4) is 0 Å². The maximum absolute atomic E-state index is 5.86. The molecule has 0 radical (unpaired) electrons. The fraction of sp³-hybridized carbons (Fsp3) is 0.333. The van der Waals surface area contributed by atoms with Gasteiger partial charge in [0.15, 0.2) is 0 Å². The summed E-state index contributed by atoms with van der Waals surface area (Å²) in [6.45, 7) is 1.71. The molecule has 0 unspecified atom stereocenters. The highest BCUT2D eigenvalue weighted by molar-refractivity contribution is 9.10. The maximum Gasteiger partial charge on any atom is 0.133 e. The average molecular weight is 346 g/mol. The first-order valence-electron chi connectivity index (χ1n) is 5.86. The summed E-state index contributed by atoms with van der Waals surface area (Å²) in [5.74, 6) is 0.756. The van der Waals surface area contributed by atoms with Crippen LogP contribution in [0.2, 0.25) is 5.02 Å². The van der Waals surface area contributed by atoms with Crippen molar-refractivity contribution in [2.45, 2.75) is 13.0 Å². The van der Waals surface area contributed by atoms with Gasteiger partial charge in [0.25, 0.3) is 0 Å². The molecule has 5 nitrogen and oxygen atoms in total. The lowest BCUT2D eigenvalue weighted by Crippen LogP contribution is -2.09. The average Bonchev–Trinajstić information content (AvgIpc) is 2.80. The molecule has 19 heavy (non-hydrogen) atoms. The Labute approximate surface area is 124 Å². The lowest BCUT2D eigenvalue weighted by atomic mass is 10.3. The fourth-order valence-corrected chi connectivity index (χ4v) is 2.35. The number of ether oxygens (including phenoxy) is 1. The molecule has 0 aliphatic rings. The van der Waals surface area contributed by atoms with E-state index in [2.05, 4.69) is 26.2 Å². The standard InChI is InChI=1S/C12H14BrClN4O/c13-11-7-9(14)1-2-12(11)19-6-5-18-8-10(3-4-15)16-17-18/h1-2,7-8H,3-6,15H2. The minimum absolute atomic E-state index is 0.506. The third-order valence-corrected chi connectivity index (χ3v) is 3.31. The van der Waals surface area contributed by atoms with Gasteiger partial charge in [0.05, 0.1) is 16.7 Å². The summed E-state index contributed by atoms with van der Waals surface area (Å²) in [5, 5.41) is 8.68. The molecule has 1 aromatic heterocycles. The highest BCUT2D eigenvalue weighted by Gasteiger charge is 2.03. The van der Waals surface area contributed by atoms with Gasteiger partial charge in [-0.1, -0.05) is 16.8 Å². The van der Waals surface area contributed by atoms with Crippen molar-refractivity contribution in [2.75, 3.05) is 13.2 Å². The van der Waals surface area contributed by atoms with E-state index in [1.54, 1.807) is 16.8 Å². The second kappa shape index (κ2) is 6.88. The number of nitrogens with two attached hydrogens (primary N) is 1. The molecule has 2 N–H and O–H groups in total. The SMILES string of the molecule is NCCc1cn(CCOc2ccc(Cl)cc2Br)nn1. The molecule has 0 aliphatic heterocycles. The Morgan fingerprint density at radius 1 is 1.42 bits per heavy atom. The molecule has 1 heterocycles. The summed E-state index contributed by atoms with van der Waals surface area (Å²) in [4.78, 5) is 0. The van der Waals surface area contributed by atoms with Crippen molar-refractivity contribution in [2.24, 2.45) is 5.73 Å². The van der Waals surface area contributed by atoms with Crippen LogP contribution in [-0.2, 0) is 13.0 Å². The normalized spacial score (nSPS) is 10.7. The van der Waals surface area contributed by atoms with Crippen molar-refractivity contribution in [1.82, 2.24) is 15.0 Å². The summed E-state index contributed by atoms with van der Waals surface area (Å²) >= 11 is 9.26. The fourth-order valence-electron chi connectivity index (χ4n) is 1.55. The molecule has 2 aromatic rings. The molecule has 0 atom stereocenters. The van der Waals surface area contributed by atoms with Gasteiger partial charge in [-0.2, -0.15) is 0 Å². The first-order chi connectivity index (χ1) is 9.19. The van der Waals surface area contributed by atoms with E-state index in [0.717, 1.165) is 22.3 Å². The topological polar surface area (TPSA) is 66.0 Å². The molecule has 0 aliphatic carbocycles. The Hall–Kier alpha value is -1.11. The van der Waals surface area contributed by atoms with Crippen LogP contribution in [0.25, 0.3) is 0 Å². The van der Waals surface area contributed by atoms with Crippen LogP contribution >= 0.6 is 27.5 Å². The number of rotatable bonds is 6.